The highest BCUT2D eigenvalue weighted by Gasteiger charge is 2.11. The Kier molecular flexibility index (Phi) is 3.15. The van der Waals surface area contributed by atoms with Crippen LogP contribution in [0, 0.1) is 0 Å². The Bertz CT molecular complexity index is 103. The first-order valence-corrected chi connectivity index (χ1v) is 2.39. The number of aliphatic carboxylic acids is 1. The van der Waals surface area contributed by atoms with Gasteiger partial charge in [0.25, 0.3) is 0 Å². The zero-order valence-electron chi connectivity index (χ0n) is 4.90. The van der Waals surface area contributed by atoms with Crippen molar-refractivity contribution < 1.29 is 20.1 Å². The van der Waals surface area contributed by atoms with Gasteiger partial charge < -0.3 is 15.3 Å². The van der Waals surface area contributed by atoms with Gasteiger partial charge in [-0.25, -0.2) is 0 Å². The lowest BCUT2D eigenvalue weighted by atomic mass is 10.3. The normalized spacial score (nSPS) is 13.8. The van der Waals surface area contributed by atoms with E-state index in [0.29, 0.717) is 0 Å². The highest BCUT2D eigenvalue weighted by Crippen LogP contribution is 1.80. The molecule has 0 aromatic carbocycles. The van der Waals surface area contributed by atoms with Crippen LogP contribution in [0.3, 0.4) is 0 Å². The van der Waals surface area contributed by atoms with E-state index in [1.54, 1.807) is 0 Å². The third kappa shape index (κ3) is 3.89. The van der Waals surface area contributed by atoms with Gasteiger partial charge in [0, 0.05) is 0 Å². The Hall–Kier alpha value is -0.650. The Morgan fingerprint density at radius 1 is 1.56 bits per heavy atom. The van der Waals surface area contributed by atoms with Crippen molar-refractivity contribution in [1.82, 2.24) is 5.32 Å². The summed E-state index contributed by atoms with van der Waals surface area (Å²) in [6.45, 7) is 1.31. The molecule has 0 aromatic rings. The van der Waals surface area contributed by atoms with Crippen LogP contribution in [0.15, 0.2) is 0 Å². The van der Waals surface area contributed by atoms with E-state index in [-0.39, 0.29) is 0 Å². The summed E-state index contributed by atoms with van der Waals surface area (Å²) in [6, 6.07) is -0.940. The predicted molar refractivity (Wildman–Crippen MR) is 28.5 cm³/mol. The molecular formula is C4H9NO4. The summed E-state index contributed by atoms with van der Waals surface area (Å²) < 4.78 is 0. The summed E-state index contributed by atoms with van der Waals surface area (Å²) in [7, 11) is 0. The molecular weight excluding hydrogens is 126 g/mol. The maximum Gasteiger partial charge on any atom is 0.320 e. The molecule has 0 aliphatic rings. The average Bonchev–Trinajstić information content (AvgIpc) is 1.63. The molecule has 0 heterocycles. The summed E-state index contributed by atoms with van der Waals surface area (Å²) in [4.78, 5) is 9.95. The third-order valence-electron chi connectivity index (χ3n) is 0.769. The van der Waals surface area contributed by atoms with Gasteiger partial charge in [-0.3, -0.25) is 10.1 Å². The van der Waals surface area contributed by atoms with E-state index in [9.17, 15) is 4.79 Å². The Balaban J connectivity index is 3.50. The van der Waals surface area contributed by atoms with Gasteiger partial charge >= 0.3 is 5.97 Å². The van der Waals surface area contributed by atoms with E-state index in [1.165, 1.54) is 6.92 Å². The van der Waals surface area contributed by atoms with Gasteiger partial charge in [0.05, 0.1) is 0 Å². The Morgan fingerprint density at radius 3 is 2.11 bits per heavy atom. The van der Waals surface area contributed by atoms with Crippen LogP contribution in [0.25, 0.3) is 0 Å². The standard InChI is InChI=1S/C4H9NO4/c1-2(3(6)7)5-4(8)9/h2,4-5,8-9H,1H3,(H,6,7). The van der Waals surface area contributed by atoms with Crippen molar-refractivity contribution in [2.24, 2.45) is 0 Å². The second kappa shape index (κ2) is 3.39. The molecule has 0 rings (SSSR count). The van der Waals surface area contributed by atoms with Crippen molar-refractivity contribution >= 4 is 5.97 Å². The maximum absolute atomic E-state index is 9.95. The summed E-state index contributed by atoms with van der Waals surface area (Å²) in [5.41, 5.74) is 0. The van der Waals surface area contributed by atoms with E-state index in [2.05, 4.69) is 0 Å². The molecule has 54 valence electrons. The lowest BCUT2D eigenvalue weighted by molar-refractivity contribution is -0.144. The van der Waals surface area contributed by atoms with Gasteiger partial charge in [0.15, 0.2) is 0 Å². The first-order chi connectivity index (χ1) is 4.04. The van der Waals surface area contributed by atoms with Gasteiger partial charge in [-0.05, 0) is 6.92 Å². The number of nitrogens with one attached hydrogen (secondary N) is 1. The van der Waals surface area contributed by atoms with Gasteiger partial charge in [0.1, 0.15) is 6.04 Å². The minimum atomic E-state index is -1.77. The van der Waals surface area contributed by atoms with Crippen molar-refractivity contribution in [3.05, 3.63) is 0 Å². The van der Waals surface area contributed by atoms with Crippen molar-refractivity contribution in [2.45, 2.75) is 19.4 Å². The number of rotatable bonds is 3. The number of hydrogen-bond donors (Lipinski definition) is 4. The quantitative estimate of drug-likeness (QED) is 0.347. The molecule has 9 heavy (non-hydrogen) atoms. The first-order valence-electron chi connectivity index (χ1n) is 2.39. The number of carboxylic acids is 1. The van der Waals surface area contributed by atoms with E-state index < -0.39 is 18.4 Å². The van der Waals surface area contributed by atoms with Crippen LogP contribution in [0.1, 0.15) is 6.92 Å². The number of hydrogen-bond acceptors (Lipinski definition) is 4. The third-order valence-corrected chi connectivity index (χ3v) is 0.769. The highest BCUT2D eigenvalue weighted by atomic mass is 16.5. The van der Waals surface area contributed by atoms with Gasteiger partial charge in [-0.2, -0.15) is 0 Å². The van der Waals surface area contributed by atoms with E-state index in [0.717, 1.165) is 0 Å². The minimum Gasteiger partial charge on any atom is -0.480 e. The van der Waals surface area contributed by atoms with Gasteiger partial charge in [0.2, 0.25) is 6.41 Å². The molecule has 0 saturated heterocycles. The van der Waals surface area contributed by atoms with Crippen molar-refractivity contribution in [1.29, 1.82) is 0 Å². The Labute approximate surface area is 51.9 Å². The topological polar surface area (TPSA) is 89.8 Å². The minimum absolute atomic E-state index is 0.940. The Morgan fingerprint density at radius 2 is 2.00 bits per heavy atom. The molecule has 0 radical (unpaired) electrons. The summed E-state index contributed by atoms with van der Waals surface area (Å²) in [6.07, 6.45) is -1.77. The predicted octanol–water partition coefficient (Wildman–Crippen LogP) is -1.68. The molecule has 4 N–H and O–H groups in total. The summed E-state index contributed by atoms with van der Waals surface area (Å²) >= 11 is 0. The largest absolute Gasteiger partial charge is 0.480 e. The summed E-state index contributed by atoms with van der Waals surface area (Å²) in [5, 5.41) is 26.4. The molecule has 5 heteroatoms. The van der Waals surface area contributed by atoms with Crippen molar-refractivity contribution in [3.63, 3.8) is 0 Å². The maximum atomic E-state index is 9.95. The molecule has 0 aromatic heterocycles. The van der Waals surface area contributed by atoms with Crippen LogP contribution in [-0.2, 0) is 4.79 Å². The van der Waals surface area contributed by atoms with Crippen LogP contribution in [-0.4, -0.2) is 33.7 Å². The molecule has 0 aliphatic heterocycles. The molecule has 1 unspecified atom stereocenters. The fourth-order valence-corrected chi connectivity index (χ4v) is 0.295. The van der Waals surface area contributed by atoms with E-state index in [1.807, 2.05) is 5.32 Å². The van der Waals surface area contributed by atoms with Crippen LogP contribution >= 0.6 is 0 Å². The summed E-state index contributed by atoms with van der Waals surface area (Å²) in [5.74, 6) is -1.12. The zero-order chi connectivity index (χ0) is 7.44. The lowest BCUT2D eigenvalue weighted by Gasteiger charge is -2.09. The molecule has 0 spiro atoms. The molecule has 0 aliphatic carbocycles. The van der Waals surface area contributed by atoms with E-state index in [4.69, 9.17) is 15.3 Å². The number of aliphatic hydroxyl groups is 2. The molecule has 0 amide bonds. The van der Waals surface area contributed by atoms with Crippen molar-refractivity contribution in [3.8, 4) is 0 Å². The fourth-order valence-electron chi connectivity index (χ4n) is 0.295. The molecule has 1 atom stereocenters. The number of carbonyl (C=O) groups is 1. The smallest absolute Gasteiger partial charge is 0.320 e. The lowest BCUT2D eigenvalue weighted by Crippen LogP contribution is -2.40. The fraction of sp³-hybridized carbons (Fsp3) is 0.750. The van der Waals surface area contributed by atoms with Crippen LogP contribution in [0.4, 0.5) is 0 Å². The molecule has 0 bridgehead atoms. The number of aliphatic hydroxyl groups excluding tert-OH is 1. The average molecular weight is 135 g/mol. The SMILES string of the molecule is CC(NC(O)O)C(=O)O. The monoisotopic (exact) mass is 135 g/mol. The highest BCUT2D eigenvalue weighted by molar-refractivity contribution is 5.72. The molecule has 0 fully saturated rings. The zero-order valence-corrected chi connectivity index (χ0v) is 4.90. The second-order valence-corrected chi connectivity index (χ2v) is 1.60. The van der Waals surface area contributed by atoms with E-state index >= 15 is 0 Å². The first kappa shape index (κ1) is 8.35. The van der Waals surface area contributed by atoms with Gasteiger partial charge in [-0.1, -0.05) is 0 Å². The second-order valence-electron chi connectivity index (χ2n) is 1.60. The van der Waals surface area contributed by atoms with Crippen molar-refractivity contribution in [2.75, 3.05) is 0 Å². The molecule has 5 nitrogen and oxygen atoms in total. The number of carboxylic acid groups (broad SMARTS) is 1. The van der Waals surface area contributed by atoms with Crippen LogP contribution in [0.5, 0.6) is 0 Å². The van der Waals surface area contributed by atoms with Crippen LogP contribution in [0.2, 0.25) is 0 Å². The van der Waals surface area contributed by atoms with Gasteiger partial charge in [-0.15, -0.1) is 0 Å². The molecule has 0 saturated carbocycles. The van der Waals surface area contributed by atoms with Crippen LogP contribution < -0.4 is 5.32 Å².